The van der Waals surface area contributed by atoms with Gasteiger partial charge in [0.15, 0.2) is 0 Å². The van der Waals surface area contributed by atoms with E-state index in [-0.39, 0.29) is 5.91 Å². The molecule has 0 heterocycles. The lowest BCUT2D eigenvalue weighted by Gasteiger charge is -2.19. The van der Waals surface area contributed by atoms with Gasteiger partial charge in [0.05, 0.1) is 0 Å². The Bertz CT molecular complexity index is 867. The van der Waals surface area contributed by atoms with Crippen molar-refractivity contribution in [2.75, 3.05) is 7.05 Å². The molecule has 0 bridgehead atoms. The quantitative estimate of drug-likeness (QED) is 0.685. The molecule has 2 nitrogen and oxygen atoms in total. The average molecular weight is 303 g/mol. The predicted molar refractivity (Wildman–Crippen MR) is 95.7 cm³/mol. The van der Waals surface area contributed by atoms with Gasteiger partial charge in [-0.25, -0.2) is 0 Å². The van der Waals surface area contributed by atoms with E-state index in [1.54, 1.807) is 4.90 Å². The molecule has 116 valence electrons. The SMILES string of the molecule is Cc1ccc(C)c(C(=O)N(C)Cc2ccc3ccccc3c2)c1. The van der Waals surface area contributed by atoms with E-state index in [4.69, 9.17) is 0 Å². The third-order valence-electron chi connectivity index (χ3n) is 4.20. The number of hydrogen-bond acceptors (Lipinski definition) is 1. The highest BCUT2D eigenvalue weighted by Crippen LogP contribution is 2.18. The van der Waals surface area contributed by atoms with Crippen molar-refractivity contribution in [2.24, 2.45) is 0 Å². The van der Waals surface area contributed by atoms with E-state index in [0.29, 0.717) is 6.54 Å². The summed E-state index contributed by atoms with van der Waals surface area (Å²) in [6.07, 6.45) is 0. The third kappa shape index (κ3) is 3.26. The Kier molecular flexibility index (Phi) is 4.16. The molecule has 0 saturated heterocycles. The zero-order valence-corrected chi connectivity index (χ0v) is 13.8. The van der Waals surface area contributed by atoms with Gasteiger partial charge in [-0.3, -0.25) is 4.79 Å². The monoisotopic (exact) mass is 303 g/mol. The molecule has 1 amide bonds. The highest BCUT2D eigenvalue weighted by Gasteiger charge is 2.14. The number of hydrogen-bond donors (Lipinski definition) is 0. The van der Waals surface area contributed by atoms with Crippen LogP contribution in [0.2, 0.25) is 0 Å². The maximum absolute atomic E-state index is 12.7. The Hall–Kier alpha value is -2.61. The van der Waals surface area contributed by atoms with E-state index >= 15 is 0 Å². The number of benzene rings is 3. The van der Waals surface area contributed by atoms with Crippen molar-refractivity contribution in [1.29, 1.82) is 0 Å². The van der Waals surface area contributed by atoms with E-state index in [1.165, 1.54) is 10.8 Å². The summed E-state index contributed by atoms with van der Waals surface area (Å²) in [6, 6.07) is 20.7. The molecule has 0 aliphatic heterocycles. The molecule has 0 unspecified atom stereocenters. The molecule has 0 aliphatic carbocycles. The normalized spacial score (nSPS) is 10.7. The molecule has 0 atom stereocenters. The van der Waals surface area contributed by atoms with Crippen LogP contribution in [-0.4, -0.2) is 17.9 Å². The Morgan fingerprint density at radius 3 is 2.43 bits per heavy atom. The number of carbonyl (C=O) groups excluding carboxylic acids is 1. The van der Waals surface area contributed by atoms with Gasteiger partial charge in [0.25, 0.3) is 5.91 Å². The van der Waals surface area contributed by atoms with E-state index < -0.39 is 0 Å². The first kappa shape index (κ1) is 15.3. The smallest absolute Gasteiger partial charge is 0.254 e. The summed E-state index contributed by atoms with van der Waals surface area (Å²) in [4.78, 5) is 14.5. The number of rotatable bonds is 3. The number of carbonyl (C=O) groups is 1. The summed E-state index contributed by atoms with van der Waals surface area (Å²) < 4.78 is 0. The van der Waals surface area contributed by atoms with Crippen LogP contribution in [0.5, 0.6) is 0 Å². The van der Waals surface area contributed by atoms with Crippen LogP contribution in [0.25, 0.3) is 10.8 Å². The predicted octanol–water partition coefficient (Wildman–Crippen LogP) is 4.73. The maximum atomic E-state index is 12.7. The third-order valence-corrected chi connectivity index (χ3v) is 4.20. The van der Waals surface area contributed by atoms with Crippen molar-refractivity contribution in [1.82, 2.24) is 4.90 Å². The molecule has 2 heteroatoms. The van der Waals surface area contributed by atoms with Gasteiger partial charge in [0, 0.05) is 19.2 Å². The van der Waals surface area contributed by atoms with E-state index in [0.717, 1.165) is 22.3 Å². The van der Waals surface area contributed by atoms with Crippen LogP contribution in [-0.2, 0) is 6.54 Å². The Balaban J connectivity index is 1.83. The minimum absolute atomic E-state index is 0.0689. The molecule has 23 heavy (non-hydrogen) atoms. The molecule has 0 aromatic heterocycles. The fourth-order valence-electron chi connectivity index (χ4n) is 2.85. The second-order valence-corrected chi connectivity index (χ2v) is 6.16. The van der Waals surface area contributed by atoms with Gasteiger partial charge in [0.2, 0.25) is 0 Å². The molecule has 0 spiro atoms. The van der Waals surface area contributed by atoms with E-state index in [2.05, 4.69) is 30.3 Å². The molecule has 3 aromatic rings. The fourth-order valence-corrected chi connectivity index (χ4v) is 2.85. The summed E-state index contributed by atoms with van der Waals surface area (Å²) >= 11 is 0. The lowest BCUT2D eigenvalue weighted by molar-refractivity contribution is 0.0784. The average Bonchev–Trinajstić information content (AvgIpc) is 2.56. The van der Waals surface area contributed by atoms with Gasteiger partial charge in [-0.05, 0) is 47.9 Å². The highest BCUT2D eigenvalue weighted by atomic mass is 16.2. The summed E-state index contributed by atoms with van der Waals surface area (Å²) in [5.41, 5.74) is 4.06. The van der Waals surface area contributed by atoms with Gasteiger partial charge in [-0.1, -0.05) is 54.1 Å². The number of nitrogens with zero attached hydrogens (tertiary/aromatic N) is 1. The van der Waals surface area contributed by atoms with E-state index in [9.17, 15) is 4.79 Å². The fraction of sp³-hybridized carbons (Fsp3) is 0.190. The Morgan fingerprint density at radius 2 is 1.65 bits per heavy atom. The van der Waals surface area contributed by atoms with Crippen LogP contribution in [0.4, 0.5) is 0 Å². The lowest BCUT2D eigenvalue weighted by atomic mass is 10.0. The number of aryl methyl sites for hydroxylation is 2. The molecular weight excluding hydrogens is 282 g/mol. The highest BCUT2D eigenvalue weighted by molar-refractivity contribution is 5.95. The first-order valence-electron chi connectivity index (χ1n) is 7.85. The van der Waals surface area contributed by atoms with Crippen LogP contribution in [0.15, 0.2) is 60.7 Å². The zero-order chi connectivity index (χ0) is 16.4. The Morgan fingerprint density at radius 1 is 0.913 bits per heavy atom. The standard InChI is InChI=1S/C21H21NO/c1-15-8-9-16(2)20(12-15)21(23)22(3)14-17-10-11-18-6-4-5-7-19(18)13-17/h4-13H,14H2,1-3H3. The van der Waals surface area contributed by atoms with Gasteiger partial charge in [0.1, 0.15) is 0 Å². The van der Waals surface area contributed by atoms with Crippen molar-refractivity contribution in [3.05, 3.63) is 82.9 Å². The van der Waals surface area contributed by atoms with Crippen LogP contribution < -0.4 is 0 Å². The molecule has 0 aliphatic rings. The summed E-state index contributed by atoms with van der Waals surface area (Å²) in [7, 11) is 1.86. The molecule has 3 aromatic carbocycles. The van der Waals surface area contributed by atoms with Gasteiger partial charge < -0.3 is 4.90 Å². The van der Waals surface area contributed by atoms with Gasteiger partial charge >= 0.3 is 0 Å². The summed E-state index contributed by atoms with van der Waals surface area (Å²) in [5, 5.41) is 2.43. The molecular formula is C21H21NO. The van der Waals surface area contributed by atoms with Crippen LogP contribution >= 0.6 is 0 Å². The first-order chi connectivity index (χ1) is 11.0. The molecule has 3 rings (SSSR count). The number of amides is 1. The van der Waals surface area contributed by atoms with Crippen molar-refractivity contribution in [3.8, 4) is 0 Å². The van der Waals surface area contributed by atoms with Crippen molar-refractivity contribution in [3.63, 3.8) is 0 Å². The second-order valence-electron chi connectivity index (χ2n) is 6.16. The van der Waals surface area contributed by atoms with Crippen LogP contribution in [0, 0.1) is 13.8 Å². The van der Waals surface area contributed by atoms with Crippen LogP contribution in [0.3, 0.4) is 0 Å². The summed E-state index contributed by atoms with van der Waals surface area (Å²) in [5.74, 6) is 0.0689. The first-order valence-corrected chi connectivity index (χ1v) is 7.85. The molecule has 0 fully saturated rings. The zero-order valence-electron chi connectivity index (χ0n) is 13.8. The maximum Gasteiger partial charge on any atom is 0.254 e. The largest absolute Gasteiger partial charge is 0.337 e. The topological polar surface area (TPSA) is 20.3 Å². The van der Waals surface area contributed by atoms with Crippen molar-refractivity contribution < 1.29 is 4.79 Å². The Labute approximate surface area is 137 Å². The number of fused-ring (bicyclic) bond motifs is 1. The molecule has 0 N–H and O–H groups in total. The van der Waals surface area contributed by atoms with E-state index in [1.807, 2.05) is 51.2 Å². The van der Waals surface area contributed by atoms with Crippen molar-refractivity contribution in [2.45, 2.75) is 20.4 Å². The van der Waals surface area contributed by atoms with Gasteiger partial charge in [-0.15, -0.1) is 0 Å². The molecule has 0 radical (unpaired) electrons. The van der Waals surface area contributed by atoms with Crippen LogP contribution in [0.1, 0.15) is 27.0 Å². The minimum atomic E-state index is 0.0689. The lowest BCUT2D eigenvalue weighted by Crippen LogP contribution is -2.26. The van der Waals surface area contributed by atoms with Crippen molar-refractivity contribution >= 4 is 16.7 Å². The second kappa shape index (κ2) is 6.25. The van der Waals surface area contributed by atoms with Gasteiger partial charge in [-0.2, -0.15) is 0 Å². The molecule has 0 saturated carbocycles. The summed E-state index contributed by atoms with van der Waals surface area (Å²) in [6.45, 7) is 4.60. The minimum Gasteiger partial charge on any atom is -0.337 e.